The third kappa shape index (κ3) is 5.67. The SMILES string of the molecule is COC1CCN(C(C)(C)CN=C(N)NC(C)(C)C)CC1. The summed E-state index contributed by atoms with van der Waals surface area (Å²) < 4.78 is 5.42. The number of methoxy groups -OCH3 is 1. The van der Waals surface area contributed by atoms with E-state index in [9.17, 15) is 0 Å². The van der Waals surface area contributed by atoms with Crippen molar-refractivity contribution in [3.63, 3.8) is 0 Å². The van der Waals surface area contributed by atoms with Gasteiger partial charge in [0.25, 0.3) is 0 Å². The van der Waals surface area contributed by atoms with Crippen molar-refractivity contribution in [2.45, 2.75) is 64.6 Å². The number of nitrogens with zero attached hydrogens (tertiary/aromatic N) is 2. The highest BCUT2D eigenvalue weighted by atomic mass is 16.5. The predicted octanol–water partition coefficient (Wildman–Crippen LogP) is 1.58. The Morgan fingerprint density at radius 1 is 1.25 bits per heavy atom. The molecule has 0 aromatic rings. The lowest BCUT2D eigenvalue weighted by atomic mass is 9.97. The summed E-state index contributed by atoms with van der Waals surface area (Å²) >= 11 is 0. The van der Waals surface area contributed by atoms with E-state index in [2.05, 4.69) is 49.8 Å². The van der Waals surface area contributed by atoms with Crippen LogP contribution in [0.25, 0.3) is 0 Å². The smallest absolute Gasteiger partial charge is 0.189 e. The number of piperidine rings is 1. The van der Waals surface area contributed by atoms with E-state index < -0.39 is 0 Å². The van der Waals surface area contributed by atoms with Crippen molar-refractivity contribution in [1.82, 2.24) is 10.2 Å². The molecule has 1 aliphatic heterocycles. The summed E-state index contributed by atoms with van der Waals surface area (Å²) in [6.45, 7) is 13.5. The second-order valence-corrected chi connectivity index (χ2v) is 7.31. The van der Waals surface area contributed by atoms with Gasteiger partial charge < -0.3 is 15.8 Å². The molecular formula is C15H32N4O. The summed E-state index contributed by atoms with van der Waals surface area (Å²) in [5.41, 5.74) is 5.92. The Kier molecular flexibility index (Phi) is 5.83. The topological polar surface area (TPSA) is 62.9 Å². The maximum absolute atomic E-state index is 5.94. The van der Waals surface area contributed by atoms with Gasteiger partial charge >= 0.3 is 0 Å². The van der Waals surface area contributed by atoms with E-state index in [1.165, 1.54) is 0 Å². The van der Waals surface area contributed by atoms with Gasteiger partial charge in [0, 0.05) is 31.3 Å². The summed E-state index contributed by atoms with van der Waals surface area (Å²) in [6, 6.07) is 0. The molecule has 0 atom stereocenters. The van der Waals surface area contributed by atoms with Crippen molar-refractivity contribution in [2.24, 2.45) is 10.7 Å². The first-order chi connectivity index (χ1) is 9.14. The molecule has 0 amide bonds. The van der Waals surface area contributed by atoms with E-state index in [0.717, 1.165) is 25.9 Å². The molecule has 0 unspecified atom stereocenters. The lowest BCUT2D eigenvalue weighted by molar-refractivity contribution is 0.00909. The zero-order chi connectivity index (χ0) is 15.4. The number of hydrogen-bond acceptors (Lipinski definition) is 3. The fourth-order valence-electron chi connectivity index (χ4n) is 2.50. The van der Waals surface area contributed by atoms with Gasteiger partial charge in [0.2, 0.25) is 0 Å². The van der Waals surface area contributed by atoms with E-state index in [1.54, 1.807) is 7.11 Å². The maximum atomic E-state index is 5.94. The highest BCUT2D eigenvalue weighted by molar-refractivity contribution is 5.78. The van der Waals surface area contributed by atoms with Crippen LogP contribution in [-0.2, 0) is 4.74 Å². The molecule has 0 aliphatic carbocycles. The molecule has 0 aromatic heterocycles. The summed E-state index contributed by atoms with van der Waals surface area (Å²) in [7, 11) is 1.80. The molecule has 0 radical (unpaired) electrons. The monoisotopic (exact) mass is 284 g/mol. The Balaban J connectivity index is 2.51. The highest BCUT2D eigenvalue weighted by Gasteiger charge is 2.30. The van der Waals surface area contributed by atoms with Crippen LogP contribution in [0.1, 0.15) is 47.5 Å². The summed E-state index contributed by atoms with van der Waals surface area (Å²) in [4.78, 5) is 6.99. The number of likely N-dealkylation sites (tertiary alicyclic amines) is 1. The highest BCUT2D eigenvalue weighted by Crippen LogP contribution is 2.22. The van der Waals surface area contributed by atoms with E-state index in [4.69, 9.17) is 10.5 Å². The van der Waals surface area contributed by atoms with Crippen molar-refractivity contribution in [2.75, 3.05) is 26.7 Å². The van der Waals surface area contributed by atoms with Gasteiger partial charge in [-0.2, -0.15) is 0 Å². The van der Waals surface area contributed by atoms with E-state index >= 15 is 0 Å². The molecule has 0 spiro atoms. The quantitative estimate of drug-likeness (QED) is 0.608. The first-order valence-corrected chi connectivity index (χ1v) is 7.50. The molecule has 1 fully saturated rings. The van der Waals surface area contributed by atoms with Crippen molar-refractivity contribution in [1.29, 1.82) is 0 Å². The van der Waals surface area contributed by atoms with E-state index in [1.807, 2.05) is 0 Å². The van der Waals surface area contributed by atoms with E-state index in [0.29, 0.717) is 18.6 Å². The average Bonchev–Trinajstić information content (AvgIpc) is 2.35. The van der Waals surface area contributed by atoms with Crippen LogP contribution in [0.3, 0.4) is 0 Å². The lowest BCUT2D eigenvalue weighted by Crippen LogP contribution is -2.52. The number of nitrogens with one attached hydrogen (secondary N) is 1. The molecule has 118 valence electrons. The Morgan fingerprint density at radius 3 is 2.25 bits per heavy atom. The molecule has 5 nitrogen and oxygen atoms in total. The Hall–Kier alpha value is -0.810. The van der Waals surface area contributed by atoms with Gasteiger partial charge in [-0.3, -0.25) is 9.89 Å². The van der Waals surface area contributed by atoms with Gasteiger partial charge in [-0.1, -0.05) is 0 Å². The molecule has 0 aromatic carbocycles. The third-order valence-electron chi connectivity index (χ3n) is 3.77. The van der Waals surface area contributed by atoms with Crippen LogP contribution in [0.5, 0.6) is 0 Å². The van der Waals surface area contributed by atoms with Crippen LogP contribution >= 0.6 is 0 Å². The molecule has 0 bridgehead atoms. The van der Waals surface area contributed by atoms with Gasteiger partial charge in [0.05, 0.1) is 12.6 Å². The molecule has 20 heavy (non-hydrogen) atoms. The first-order valence-electron chi connectivity index (χ1n) is 7.50. The van der Waals surface area contributed by atoms with Gasteiger partial charge in [0.15, 0.2) is 5.96 Å². The van der Waals surface area contributed by atoms with Gasteiger partial charge in [0.1, 0.15) is 0 Å². The molecule has 1 rings (SSSR count). The van der Waals surface area contributed by atoms with Crippen molar-refractivity contribution >= 4 is 5.96 Å². The number of rotatable bonds is 4. The lowest BCUT2D eigenvalue weighted by Gasteiger charge is -2.42. The molecule has 5 heteroatoms. The van der Waals surface area contributed by atoms with Crippen molar-refractivity contribution in [3.05, 3.63) is 0 Å². The van der Waals surface area contributed by atoms with Crippen molar-refractivity contribution < 1.29 is 4.74 Å². The van der Waals surface area contributed by atoms with Crippen LogP contribution in [0, 0.1) is 0 Å². The fraction of sp³-hybridized carbons (Fsp3) is 0.933. The zero-order valence-corrected chi connectivity index (χ0v) is 14.0. The minimum atomic E-state index is -0.0471. The number of ether oxygens (including phenoxy) is 1. The standard InChI is InChI=1S/C15H32N4O/c1-14(2,3)18-13(16)17-11-15(4,5)19-9-7-12(20-6)8-10-19/h12H,7-11H2,1-6H3,(H3,16,17,18). The first kappa shape index (κ1) is 17.2. The molecule has 0 saturated carbocycles. The van der Waals surface area contributed by atoms with Crippen LogP contribution in [0.15, 0.2) is 4.99 Å². The minimum absolute atomic E-state index is 0.0307. The normalized spacial score (nSPS) is 20.2. The van der Waals surface area contributed by atoms with Gasteiger partial charge in [-0.15, -0.1) is 0 Å². The summed E-state index contributed by atoms with van der Waals surface area (Å²) in [5.74, 6) is 0.525. The minimum Gasteiger partial charge on any atom is -0.381 e. The molecular weight excluding hydrogens is 252 g/mol. The third-order valence-corrected chi connectivity index (χ3v) is 3.77. The molecule has 1 aliphatic rings. The molecule has 3 N–H and O–H groups in total. The summed E-state index contributed by atoms with van der Waals surface area (Å²) in [5, 5.41) is 3.20. The number of nitrogens with two attached hydrogens (primary N) is 1. The van der Waals surface area contributed by atoms with Gasteiger partial charge in [-0.25, -0.2) is 0 Å². The Bertz CT molecular complexity index is 325. The van der Waals surface area contributed by atoms with Crippen LogP contribution in [0.2, 0.25) is 0 Å². The number of guanidine groups is 1. The molecule has 1 saturated heterocycles. The van der Waals surface area contributed by atoms with Crippen LogP contribution in [0.4, 0.5) is 0 Å². The van der Waals surface area contributed by atoms with Crippen molar-refractivity contribution in [3.8, 4) is 0 Å². The Labute approximate surface area is 124 Å². The zero-order valence-electron chi connectivity index (χ0n) is 14.0. The Morgan fingerprint density at radius 2 is 1.80 bits per heavy atom. The second kappa shape index (κ2) is 6.76. The second-order valence-electron chi connectivity index (χ2n) is 7.31. The van der Waals surface area contributed by atoms with Crippen LogP contribution in [-0.4, -0.2) is 54.8 Å². The maximum Gasteiger partial charge on any atom is 0.189 e. The van der Waals surface area contributed by atoms with Crippen LogP contribution < -0.4 is 11.1 Å². The van der Waals surface area contributed by atoms with Gasteiger partial charge in [-0.05, 0) is 47.5 Å². The average molecular weight is 284 g/mol. The number of aliphatic imine (C=N–C) groups is 1. The summed E-state index contributed by atoms with van der Waals surface area (Å²) in [6.07, 6.45) is 2.61. The largest absolute Gasteiger partial charge is 0.381 e. The predicted molar refractivity (Wildman–Crippen MR) is 85.1 cm³/mol. The number of hydrogen-bond donors (Lipinski definition) is 2. The fourth-order valence-corrected chi connectivity index (χ4v) is 2.50. The van der Waals surface area contributed by atoms with E-state index in [-0.39, 0.29) is 11.1 Å². The molecule has 1 heterocycles.